The summed E-state index contributed by atoms with van der Waals surface area (Å²) in [6.45, 7) is 0.580. The van der Waals surface area contributed by atoms with Gasteiger partial charge < -0.3 is 9.64 Å². The van der Waals surface area contributed by atoms with E-state index in [1.807, 2.05) is 23.1 Å². The second kappa shape index (κ2) is 10.3. The Labute approximate surface area is 160 Å². The van der Waals surface area contributed by atoms with E-state index in [1.54, 1.807) is 18.2 Å². The van der Waals surface area contributed by atoms with Crippen LogP contribution in [0.2, 0.25) is 0 Å². The number of rotatable bonds is 9. The zero-order valence-electron chi connectivity index (χ0n) is 15.6. The van der Waals surface area contributed by atoms with Crippen molar-refractivity contribution in [3.63, 3.8) is 0 Å². The molecule has 1 amide bonds. The average molecular weight is 367 g/mol. The zero-order chi connectivity index (χ0) is 19.6. The molecular weight excluding hydrogens is 342 g/mol. The van der Waals surface area contributed by atoms with Crippen molar-refractivity contribution in [3.05, 3.63) is 47.5 Å². The first-order chi connectivity index (χ1) is 13.0. The molecule has 27 heavy (non-hydrogen) atoms. The minimum absolute atomic E-state index is 0.0385. The fourth-order valence-electron chi connectivity index (χ4n) is 3.09. The third kappa shape index (κ3) is 6.10. The molecule has 0 unspecified atom stereocenters. The molecule has 1 aromatic carbocycles. The molecule has 0 radical (unpaired) electrons. The number of nitrogens with zero attached hydrogens (tertiary/aromatic N) is 1. The summed E-state index contributed by atoms with van der Waals surface area (Å²) in [5, 5.41) is 0. The average Bonchev–Trinajstić information content (AvgIpc) is 3.04. The molecule has 1 heterocycles. The van der Waals surface area contributed by atoms with E-state index in [0.717, 1.165) is 12.0 Å². The van der Waals surface area contributed by atoms with Crippen LogP contribution in [0.15, 0.2) is 36.4 Å². The highest BCUT2D eigenvalue weighted by Gasteiger charge is 2.28. The van der Waals surface area contributed by atoms with E-state index in [9.17, 15) is 14.4 Å². The van der Waals surface area contributed by atoms with Crippen molar-refractivity contribution in [2.75, 3.05) is 13.7 Å². The van der Waals surface area contributed by atoms with Crippen LogP contribution in [0.3, 0.4) is 0 Å². The molecule has 1 fully saturated rings. The van der Waals surface area contributed by atoms with Crippen molar-refractivity contribution >= 4 is 17.7 Å². The lowest BCUT2D eigenvalue weighted by Gasteiger charge is -2.22. The number of terminal acetylenes is 1. The van der Waals surface area contributed by atoms with E-state index in [1.165, 1.54) is 7.11 Å². The molecule has 0 spiro atoms. The lowest BCUT2D eigenvalue weighted by atomic mass is 10.1. The number of hydrogen-bond acceptors (Lipinski definition) is 4. The van der Waals surface area contributed by atoms with Crippen molar-refractivity contribution in [2.45, 2.75) is 44.6 Å². The molecular formula is C22H25NO4. The Kier molecular flexibility index (Phi) is 7.81. The fraction of sp³-hybridized carbons (Fsp3) is 0.409. The first-order valence-electron chi connectivity index (χ1n) is 9.16. The topological polar surface area (TPSA) is 63.7 Å². The lowest BCUT2D eigenvalue weighted by molar-refractivity contribution is -0.128. The summed E-state index contributed by atoms with van der Waals surface area (Å²) in [5.74, 6) is 2.31. The Bertz CT molecular complexity index is 743. The van der Waals surface area contributed by atoms with Gasteiger partial charge in [-0.2, -0.15) is 0 Å². The van der Waals surface area contributed by atoms with Crippen LogP contribution in [0.4, 0.5) is 0 Å². The molecule has 0 aromatic heterocycles. The summed E-state index contributed by atoms with van der Waals surface area (Å²) in [4.78, 5) is 37.3. The van der Waals surface area contributed by atoms with Gasteiger partial charge in [0.15, 0.2) is 5.78 Å². The van der Waals surface area contributed by atoms with Gasteiger partial charge in [0.2, 0.25) is 5.91 Å². The molecule has 2 rings (SSSR count). The summed E-state index contributed by atoms with van der Waals surface area (Å²) in [5.41, 5.74) is 1.54. The van der Waals surface area contributed by atoms with Crippen molar-refractivity contribution < 1.29 is 19.1 Å². The van der Waals surface area contributed by atoms with Crippen LogP contribution in [0.1, 0.15) is 48.0 Å². The number of carbonyl (C=O) groups excluding carboxylic acids is 3. The number of ketones is 1. The Balaban J connectivity index is 1.89. The van der Waals surface area contributed by atoms with Crippen LogP contribution in [0, 0.1) is 12.3 Å². The highest BCUT2D eigenvalue weighted by atomic mass is 16.5. The van der Waals surface area contributed by atoms with Gasteiger partial charge in [0, 0.05) is 25.8 Å². The number of likely N-dealkylation sites (tertiary alicyclic amines) is 1. The molecule has 1 aromatic rings. The lowest BCUT2D eigenvalue weighted by Crippen LogP contribution is -2.33. The largest absolute Gasteiger partial charge is 0.465 e. The first-order valence-corrected chi connectivity index (χ1v) is 9.16. The zero-order valence-corrected chi connectivity index (χ0v) is 15.6. The molecule has 1 aliphatic rings. The second-order valence-corrected chi connectivity index (χ2v) is 6.51. The van der Waals surface area contributed by atoms with Crippen LogP contribution in [0.5, 0.6) is 0 Å². The molecule has 0 saturated carbocycles. The number of hydrogen-bond donors (Lipinski definition) is 0. The van der Waals surface area contributed by atoms with E-state index in [0.29, 0.717) is 44.2 Å². The minimum Gasteiger partial charge on any atom is -0.465 e. The van der Waals surface area contributed by atoms with Crippen molar-refractivity contribution in [1.82, 2.24) is 4.90 Å². The fourth-order valence-corrected chi connectivity index (χ4v) is 3.09. The van der Waals surface area contributed by atoms with Gasteiger partial charge in [0.05, 0.1) is 18.7 Å². The molecule has 5 nitrogen and oxygen atoms in total. The Morgan fingerprint density at radius 2 is 2.07 bits per heavy atom. The number of unbranched alkanes of at least 4 members (excludes halogenated alkanes) is 1. The van der Waals surface area contributed by atoms with Gasteiger partial charge in [0.25, 0.3) is 0 Å². The van der Waals surface area contributed by atoms with Crippen molar-refractivity contribution in [3.8, 4) is 12.3 Å². The predicted molar refractivity (Wildman–Crippen MR) is 103 cm³/mol. The molecule has 1 atom stereocenters. The smallest absolute Gasteiger partial charge is 0.337 e. The number of ether oxygens (including phenoxy) is 1. The number of methoxy groups -OCH3 is 1. The highest BCUT2D eigenvalue weighted by molar-refractivity contribution is 5.90. The highest BCUT2D eigenvalue weighted by Crippen LogP contribution is 2.20. The van der Waals surface area contributed by atoms with E-state index in [-0.39, 0.29) is 23.7 Å². The number of esters is 1. The van der Waals surface area contributed by atoms with E-state index in [4.69, 9.17) is 6.42 Å². The second-order valence-electron chi connectivity index (χ2n) is 6.51. The Morgan fingerprint density at radius 3 is 2.74 bits per heavy atom. The molecule has 1 aliphatic heterocycles. The minimum atomic E-state index is -0.367. The molecule has 0 N–H and O–H groups in total. The van der Waals surface area contributed by atoms with Crippen LogP contribution < -0.4 is 0 Å². The van der Waals surface area contributed by atoms with Crippen LogP contribution in [-0.4, -0.2) is 42.3 Å². The monoisotopic (exact) mass is 367 g/mol. The maximum absolute atomic E-state index is 12.2. The Hall–Kier alpha value is -2.87. The van der Waals surface area contributed by atoms with Gasteiger partial charge in [-0.05, 0) is 43.0 Å². The summed E-state index contributed by atoms with van der Waals surface area (Å²) in [7, 11) is 1.35. The molecule has 142 valence electrons. The van der Waals surface area contributed by atoms with E-state index < -0.39 is 0 Å². The standard InChI is InChI=1S/C22H25NO4/c1-3-4-5-6-20(24)13-11-19-12-14-21(25)23(19)16-15-17-7-9-18(10-8-17)22(26)27-2/h1,7-11,13,19H,4-6,12,14-16H2,2H3/t19-/m0/s1. The number of amides is 1. The van der Waals surface area contributed by atoms with Gasteiger partial charge in [0.1, 0.15) is 0 Å². The van der Waals surface area contributed by atoms with Crippen LogP contribution in [0.25, 0.3) is 0 Å². The normalized spacial score (nSPS) is 16.5. The van der Waals surface area contributed by atoms with E-state index in [2.05, 4.69) is 10.7 Å². The van der Waals surface area contributed by atoms with Crippen molar-refractivity contribution in [1.29, 1.82) is 0 Å². The molecule has 0 bridgehead atoms. The van der Waals surface area contributed by atoms with Gasteiger partial charge in [-0.3, -0.25) is 9.59 Å². The predicted octanol–water partition coefficient (Wildman–Crippen LogP) is 2.94. The third-order valence-electron chi connectivity index (χ3n) is 4.64. The molecule has 1 saturated heterocycles. The summed E-state index contributed by atoms with van der Waals surface area (Å²) >= 11 is 0. The van der Waals surface area contributed by atoms with Gasteiger partial charge in [-0.1, -0.05) is 18.2 Å². The summed E-state index contributed by atoms with van der Waals surface area (Å²) in [6.07, 6.45) is 12.3. The van der Waals surface area contributed by atoms with Crippen molar-refractivity contribution in [2.24, 2.45) is 0 Å². The number of allylic oxidation sites excluding steroid dienone is 1. The van der Waals surface area contributed by atoms with Crippen LogP contribution in [-0.2, 0) is 20.7 Å². The van der Waals surface area contributed by atoms with E-state index >= 15 is 0 Å². The van der Waals surface area contributed by atoms with Gasteiger partial charge >= 0.3 is 5.97 Å². The molecule has 5 heteroatoms. The van der Waals surface area contributed by atoms with Crippen LogP contribution >= 0.6 is 0 Å². The number of benzene rings is 1. The summed E-state index contributed by atoms with van der Waals surface area (Å²) in [6, 6.07) is 7.14. The number of carbonyl (C=O) groups is 3. The summed E-state index contributed by atoms with van der Waals surface area (Å²) < 4.78 is 4.69. The molecule has 0 aliphatic carbocycles. The first kappa shape index (κ1) is 20.4. The quantitative estimate of drug-likeness (QED) is 0.291. The Morgan fingerprint density at radius 1 is 1.33 bits per heavy atom. The van der Waals surface area contributed by atoms with Gasteiger partial charge in [-0.25, -0.2) is 4.79 Å². The van der Waals surface area contributed by atoms with Gasteiger partial charge in [-0.15, -0.1) is 12.3 Å². The maximum Gasteiger partial charge on any atom is 0.337 e. The SMILES string of the molecule is C#CCCCC(=O)C=C[C@H]1CCC(=O)N1CCc1ccc(C(=O)OC)cc1. The maximum atomic E-state index is 12.2. The third-order valence-corrected chi connectivity index (χ3v) is 4.64.